The zero-order chi connectivity index (χ0) is 17.3. The van der Waals surface area contributed by atoms with Crippen molar-refractivity contribution in [2.24, 2.45) is 0 Å². The van der Waals surface area contributed by atoms with Crippen LogP contribution in [-0.2, 0) is 0 Å². The summed E-state index contributed by atoms with van der Waals surface area (Å²) in [6.45, 7) is 0. The van der Waals surface area contributed by atoms with Gasteiger partial charge in [0.15, 0.2) is 0 Å². The smallest absolute Gasteiger partial charge is 1.00 e. The van der Waals surface area contributed by atoms with Crippen molar-refractivity contribution >= 4 is 44.6 Å². The van der Waals surface area contributed by atoms with E-state index in [0.717, 1.165) is 0 Å². The minimum absolute atomic E-state index is 0. The Morgan fingerprint density at radius 3 is 1.89 bits per heavy atom. The van der Waals surface area contributed by atoms with E-state index >= 15 is 0 Å². The molecule has 0 saturated heterocycles. The maximum absolute atomic E-state index is 3.53. The Bertz CT molecular complexity index is 1220. The Labute approximate surface area is 192 Å². The molecule has 0 bridgehead atoms. The number of hydrogen-bond acceptors (Lipinski definition) is 0. The summed E-state index contributed by atoms with van der Waals surface area (Å²) >= 11 is 0. The predicted octanol–water partition coefficient (Wildman–Crippen LogP) is 3.75. The second kappa shape index (κ2) is 8.91. The topological polar surface area (TPSA) is 0 Å². The van der Waals surface area contributed by atoms with Crippen LogP contribution in [0.3, 0.4) is 0 Å². The van der Waals surface area contributed by atoms with E-state index < -0.39 is 0 Å². The molecule has 0 fully saturated rings. The van der Waals surface area contributed by atoms with Crippen molar-refractivity contribution in [3.05, 3.63) is 109 Å². The summed E-state index contributed by atoms with van der Waals surface area (Å²) in [7, 11) is 0. The zero-order valence-electron chi connectivity index (χ0n) is 15.4. The molecule has 0 nitrogen and oxygen atoms in total. The van der Waals surface area contributed by atoms with Crippen LogP contribution in [0.25, 0.3) is 43.8 Å². The van der Waals surface area contributed by atoms with E-state index in [4.69, 9.17) is 0 Å². The van der Waals surface area contributed by atoms with Gasteiger partial charge in [-0.15, -0.1) is 34.5 Å². The van der Waals surface area contributed by atoms with Crippen molar-refractivity contribution in [1.29, 1.82) is 0 Å². The van der Waals surface area contributed by atoms with Crippen LogP contribution in [0, 0.1) is 6.07 Å². The third-order valence-electron chi connectivity index (χ3n) is 4.98. The van der Waals surface area contributed by atoms with Gasteiger partial charge in [0.25, 0.3) is 0 Å². The summed E-state index contributed by atoms with van der Waals surface area (Å²) in [6.07, 6.45) is 0. The molecule has 0 saturated carbocycles. The molecule has 28 heavy (non-hydrogen) atoms. The molecule has 0 aromatic heterocycles. The first-order valence-electron chi connectivity index (χ1n) is 8.89. The zero-order valence-corrected chi connectivity index (χ0v) is 18.4. The van der Waals surface area contributed by atoms with E-state index in [1.165, 1.54) is 43.8 Å². The monoisotopic (exact) mass is 432 g/mol. The number of fused-ring (bicyclic) bond motifs is 2. The van der Waals surface area contributed by atoms with Crippen molar-refractivity contribution < 1.29 is 17.0 Å². The van der Waals surface area contributed by atoms with Crippen LogP contribution in [0.1, 0.15) is 0 Å². The molecule has 2 heteroatoms. The molecule has 5 rings (SSSR count). The Balaban J connectivity index is 0.00000112. The third kappa shape index (κ3) is 3.60. The van der Waals surface area contributed by atoms with Crippen LogP contribution >= 0.6 is 0 Å². The van der Waals surface area contributed by atoms with Crippen LogP contribution in [-0.4, -0.2) is 23.1 Å². The van der Waals surface area contributed by atoms with Crippen molar-refractivity contribution in [2.75, 3.05) is 0 Å². The van der Waals surface area contributed by atoms with Gasteiger partial charge < -0.3 is 17.0 Å². The van der Waals surface area contributed by atoms with E-state index in [0.29, 0.717) is 0 Å². The predicted molar refractivity (Wildman–Crippen MR) is 117 cm³/mol. The summed E-state index contributed by atoms with van der Waals surface area (Å²) in [5.74, 6) is 0. The van der Waals surface area contributed by atoms with Crippen molar-refractivity contribution in [2.45, 2.75) is 0 Å². The van der Waals surface area contributed by atoms with Gasteiger partial charge in [0, 0.05) is 0 Å². The molecule has 0 amide bonds. The summed E-state index contributed by atoms with van der Waals surface area (Å²) in [5.41, 5.74) is 4.90. The first kappa shape index (κ1) is 20.6. The van der Waals surface area contributed by atoms with Gasteiger partial charge in [0.05, 0.1) is 0 Å². The minimum atomic E-state index is 0. The van der Waals surface area contributed by atoms with Crippen LogP contribution < -0.4 is 17.0 Å². The molecule has 0 atom stereocenters. The van der Waals surface area contributed by atoms with Gasteiger partial charge >= 0.3 is 23.1 Å². The summed E-state index contributed by atoms with van der Waals surface area (Å²) < 4.78 is 0. The van der Waals surface area contributed by atoms with Gasteiger partial charge in [-0.05, 0) is 10.9 Å². The van der Waals surface area contributed by atoms with Crippen molar-refractivity contribution in [3.8, 4) is 22.3 Å². The van der Waals surface area contributed by atoms with Gasteiger partial charge in [-0.25, -0.2) is 0 Å². The molecule has 0 N–H and O–H groups in total. The average molecular weight is 434 g/mol. The van der Waals surface area contributed by atoms with Gasteiger partial charge in [0.1, 0.15) is 0 Å². The van der Waals surface area contributed by atoms with E-state index in [9.17, 15) is 0 Å². The molecule has 0 aliphatic heterocycles. The van der Waals surface area contributed by atoms with E-state index in [-0.39, 0.29) is 40.0 Å². The molecule has 0 unspecified atom stereocenters. The largest absolute Gasteiger partial charge is 2.00 e. The second-order valence-corrected chi connectivity index (χ2v) is 6.52. The first-order chi connectivity index (χ1) is 12.9. The van der Waals surface area contributed by atoms with Crippen LogP contribution in [0.4, 0.5) is 0 Å². The fourth-order valence-corrected chi connectivity index (χ4v) is 3.77. The van der Waals surface area contributed by atoms with Crippen LogP contribution in [0.15, 0.2) is 103 Å². The number of halogens is 1. The molecule has 0 spiro atoms. The molecule has 0 radical (unpaired) electrons. The average Bonchev–Trinajstić information content (AvgIpc) is 2.73. The second-order valence-electron chi connectivity index (χ2n) is 6.52. The summed E-state index contributed by atoms with van der Waals surface area (Å²) in [6, 6.07) is 39.9. The Hall–Kier alpha value is -2.13. The summed E-state index contributed by atoms with van der Waals surface area (Å²) in [5, 5.41) is 5.00. The van der Waals surface area contributed by atoms with E-state index in [2.05, 4.69) is 103 Å². The Morgan fingerprint density at radius 2 is 1.14 bits per heavy atom. The number of rotatable bonds is 2. The molecular weight excluding hydrogens is 416 g/mol. The van der Waals surface area contributed by atoms with Crippen LogP contribution in [0.5, 0.6) is 0 Å². The number of benzene rings is 5. The maximum Gasteiger partial charge on any atom is 2.00 e. The molecule has 0 heterocycles. The molecule has 130 valence electrons. The minimum Gasteiger partial charge on any atom is -1.00 e. The van der Waals surface area contributed by atoms with Gasteiger partial charge in [-0.3, -0.25) is 0 Å². The fraction of sp³-hybridized carbons (Fsp3) is 0. The fourth-order valence-electron chi connectivity index (χ4n) is 3.77. The summed E-state index contributed by atoms with van der Waals surface area (Å²) in [4.78, 5) is 0. The maximum atomic E-state index is 3.53. The van der Waals surface area contributed by atoms with Gasteiger partial charge in [-0.2, -0.15) is 0 Å². The first-order valence-corrected chi connectivity index (χ1v) is 8.89. The van der Waals surface area contributed by atoms with E-state index in [1.54, 1.807) is 0 Å². The van der Waals surface area contributed by atoms with Gasteiger partial charge in [0.2, 0.25) is 0 Å². The molecular formula is C26H17BrMg. The van der Waals surface area contributed by atoms with Crippen molar-refractivity contribution in [1.82, 2.24) is 0 Å². The Morgan fingerprint density at radius 1 is 0.536 bits per heavy atom. The number of hydrogen-bond donors (Lipinski definition) is 0. The molecule has 0 aliphatic carbocycles. The van der Waals surface area contributed by atoms with E-state index in [1.807, 2.05) is 6.07 Å². The standard InChI is InChI=1S/C26H17.BrH.Mg/c1-2-9-20(10-3-1)24-18-17-21-12-5-7-15-23(21)26(24)25-16-8-13-19-11-4-6-14-22(19)25;;/h1-15,17-18H;1H;/q-1;;+2/p-1. The third-order valence-corrected chi connectivity index (χ3v) is 4.98. The quantitative estimate of drug-likeness (QED) is 0.294. The normalized spacial score (nSPS) is 10.3. The molecule has 5 aromatic rings. The van der Waals surface area contributed by atoms with Crippen LogP contribution in [0.2, 0.25) is 0 Å². The molecule has 0 aliphatic rings. The van der Waals surface area contributed by atoms with Gasteiger partial charge in [-0.1, -0.05) is 108 Å². The SMILES string of the molecule is [Br-].[Mg+2].[c-]1ccc2ccccc2c1-c1c(-c2ccccc2)ccc2ccccc12. The van der Waals surface area contributed by atoms with Crippen molar-refractivity contribution in [3.63, 3.8) is 0 Å². The Kier molecular flexibility index (Phi) is 6.56. The molecule has 5 aromatic carbocycles.